The Kier molecular flexibility index (Phi) is 4.42. The molecule has 1 N–H and O–H groups in total. The maximum Gasteiger partial charge on any atom is 0.242 e. The molecule has 8 heteroatoms. The second kappa shape index (κ2) is 6.37. The number of amides is 1. The van der Waals surface area contributed by atoms with Crippen LogP contribution in [0.2, 0.25) is 0 Å². The van der Waals surface area contributed by atoms with Crippen LogP contribution >= 0.6 is 0 Å². The van der Waals surface area contributed by atoms with Crippen LogP contribution in [-0.2, 0) is 14.8 Å². The molecule has 1 aromatic heterocycles. The molecule has 24 heavy (non-hydrogen) atoms. The van der Waals surface area contributed by atoms with Crippen molar-refractivity contribution in [3.63, 3.8) is 0 Å². The minimum absolute atomic E-state index is 0.326. The van der Waals surface area contributed by atoms with E-state index in [1.165, 1.54) is 4.31 Å². The van der Waals surface area contributed by atoms with Gasteiger partial charge in [-0.05, 0) is 31.0 Å². The summed E-state index contributed by atoms with van der Waals surface area (Å²) < 4.78 is 29.9. The number of aromatic nitrogens is 1. The van der Waals surface area contributed by atoms with Gasteiger partial charge in [-0.1, -0.05) is 0 Å². The van der Waals surface area contributed by atoms with Gasteiger partial charge in [-0.15, -0.1) is 0 Å². The molecule has 128 valence electrons. The lowest BCUT2D eigenvalue weighted by molar-refractivity contribution is -0.119. The van der Waals surface area contributed by atoms with E-state index in [1.54, 1.807) is 19.4 Å². The van der Waals surface area contributed by atoms with Gasteiger partial charge in [0.2, 0.25) is 15.9 Å². The number of sulfonamides is 1. The summed E-state index contributed by atoms with van der Waals surface area (Å²) in [5.74, 6) is 0.383. The number of ether oxygens (including phenoxy) is 1. The number of hydrogen-bond donors (Lipinski definition) is 1. The fraction of sp³-hybridized carbons (Fsp3) is 0.375. The van der Waals surface area contributed by atoms with Crippen molar-refractivity contribution in [3.05, 3.63) is 30.5 Å². The van der Waals surface area contributed by atoms with E-state index in [9.17, 15) is 13.2 Å². The third-order valence-electron chi connectivity index (χ3n) is 4.09. The van der Waals surface area contributed by atoms with E-state index >= 15 is 0 Å². The average molecular weight is 349 g/mol. The molecule has 0 spiro atoms. The molecule has 0 radical (unpaired) electrons. The highest BCUT2D eigenvalue weighted by atomic mass is 32.2. The topological polar surface area (TPSA) is 88.6 Å². The molecule has 0 saturated carbocycles. The smallest absolute Gasteiger partial charge is 0.242 e. The summed E-state index contributed by atoms with van der Waals surface area (Å²) in [5.41, 5.74) is 1.30. The zero-order valence-electron chi connectivity index (χ0n) is 13.5. The van der Waals surface area contributed by atoms with E-state index in [4.69, 9.17) is 4.74 Å². The first-order valence-corrected chi connectivity index (χ1v) is 9.45. The quantitative estimate of drug-likeness (QED) is 0.906. The third-order valence-corrected chi connectivity index (χ3v) is 5.38. The molecule has 0 bridgehead atoms. The summed E-state index contributed by atoms with van der Waals surface area (Å²) in [7, 11) is -1.80. The maximum absolute atomic E-state index is 12.4. The Hall–Kier alpha value is -2.19. The number of hydrogen-bond acceptors (Lipinski definition) is 5. The number of rotatable bonds is 4. The van der Waals surface area contributed by atoms with Gasteiger partial charge < -0.3 is 10.1 Å². The molecule has 2 heterocycles. The van der Waals surface area contributed by atoms with Crippen LogP contribution in [0, 0.1) is 0 Å². The molecule has 2 aromatic rings. The summed E-state index contributed by atoms with van der Waals surface area (Å²) in [6.07, 6.45) is 3.89. The summed E-state index contributed by atoms with van der Waals surface area (Å²) >= 11 is 0. The summed E-state index contributed by atoms with van der Waals surface area (Å²) in [6, 6.07) is 6.63. The molecule has 1 aromatic carbocycles. The lowest BCUT2D eigenvalue weighted by atomic mass is 10.2. The van der Waals surface area contributed by atoms with Gasteiger partial charge in [-0.2, -0.15) is 4.31 Å². The molecule has 1 aliphatic rings. The Labute approximate surface area is 140 Å². The number of pyridine rings is 1. The van der Waals surface area contributed by atoms with Crippen LogP contribution in [0.1, 0.15) is 12.8 Å². The zero-order valence-corrected chi connectivity index (χ0v) is 14.3. The predicted octanol–water partition coefficient (Wildman–Crippen LogP) is 1.61. The highest BCUT2D eigenvalue weighted by Gasteiger charge is 2.36. The highest BCUT2D eigenvalue weighted by Crippen LogP contribution is 2.24. The number of nitrogens with zero attached hydrogens (tertiary/aromatic N) is 2. The minimum Gasteiger partial charge on any atom is -0.497 e. The summed E-state index contributed by atoms with van der Waals surface area (Å²) in [4.78, 5) is 16.8. The third kappa shape index (κ3) is 3.34. The van der Waals surface area contributed by atoms with Gasteiger partial charge in [-0.3, -0.25) is 9.78 Å². The largest absolute Gasteiger partial charge is 0.497 e. The van der Waals surface area contributed by atoms with Crippen LogP contribution in [0.25, 0.3) is 10.9 Å². The normalized spacial score (nSPS) is 18.7. The van der Waals surface area contributed by atoms with E-state index in [2.05, 4.69) is 10.3 Å². The predicted molar refractivity (Wildman–Crippen MR) is 91.5 cm³/mol. The molecule has 3 rings (SSSR count). The van der Waals surface area contributed by atoms with E-state index in [-0.39, 0.29) is 5.91 Å². The molecule has 0 aliphatic carbocycles. The number of carbonyl (C=O) groups is 1. The SMILES string of the molecule is COc1ccc2cc(NC(=O)[C@H]3CCCN3S(C)(=O)=O)cnc2c1. The Morgan fingerprint density at radius 1 is 1.38 bits per heavy atom. The van der Waals surface area contributed by atoms with Crippen molar-refractivity contribution in [2.24, 2.45) is 0 Å². The van der Waals surface area contributed by atoms with Crippen molar-refractivity contribution >= 4 is 32.5 Å². The van der Waals surface area contributed by atoms with Gasteiger partial charge in [0.25, 0.3) is 0 Å². The van der Waals surface area contributed by atoms with Crippen LogP contribution < -0.4 is 10.1 Å². The van der Waals surface area contributed by atoms with Crippen LogP contribution in [0.5, 0.6) is 5.75 Å². The summed E-state index contributed by atoms with van der Waals surface area (Å²) in [6.45, 7) is 0.382. The number of carbonyl (C=O) groups excluding carboxylic acids is 1. The molecule has 1 fully saturated rings. The Morgan fingerprint density at radius 3 is 2.88 bits per heavy atom. The Bertz CT molecular complexity index is 882. The highest BCUT2D eigenvalue weighted by molar-refractivity contribution is 7.88. The second-order valence-electron chi connectivity index (χ2n) is 5.80. The van der Waals surface area contributed by atoms with E-state index in [0.717, 1.165) is 17.2 Å². The first kappa shape index (κ1) is 16.7. The monoisotopic (exact) mass is 349 g/mol. The van der Waals surface area contributed by atoms with Crippen LogP contribution in [0.15, 0.2) is 30.5 Å². The lowest BCUT2D eigenvalue weighted by Gasteiger charge is -2.21. The van der Waals surface area contributed by atoms with Crippen LogP contribution in [0.3, 0.4) is 0 Å². The fourth-order valence-electron chi connectivity index (χ4n) is 2.92. The van der Waals surface area contributed by atoms with Gasteiger partial charge in [0, 0.05) is 18.0 Å². The fourth-order valence-corrected chi connectivity index (χ4v) is 4.05. The Morgan fingerprint density at radius 2 is 2.17 bits per heavy atom. The zero-order chi connectivity index (χ0) is 17.3. The standard InChI is InChI=1S/C16H19N3O4S/c1-23-13-6-5-11-8-12(10-17-14(11)9-13)18-16(20)15-4-3-7-19(15)24(2,21)22/h5-6,8-10,15H,3-4,7H2,1-2H3,(H,18,20)/t15-/m1/s1. The van der Waals surface area contributed by atoms with Crippen molar-refractivity contribution in [2.45, 2.75) is 18.9 Å². The van der Waals surface area contributed by atoms with Gasteiger partial charge in [-0.25, -0.2) is 8.42 Å². The van der Waals surface area contributed by atoms with Gasteiger partial charge >= 0.3 is 0 Å². The molecule has 1 atom stereocenters. The number of methoxy groups -OCH3 is 1. The van der Waals surface area contributed by atoms with E-state index < -0.39 is 16.1 Å². The van der Waals surface area contributed by atoms with Crippen LogP contribution in [0.4, 0.5) is 5.69 Å². The molecule has 1 amide bonds. The maximum atomic E-state index is 12.4. The van der Waals surface area contributed by atoms with Crippen molar-refractivity contribution in [2.75, 3.05) is 25.2 Å². The summed E-state index contributed by atoms with van der Waals surface area (Å²) in [5, 5.41) is 3.63. The van der Waals surface area contributed by atoms with Gasteiger partial charge in [0.05, 0.1) is 30.8 Å². The average Bonchev–Trinajstić information content (AvgIpc) is 3.04. The molecule has 0 unspecified atom stereocenters. The van der Waals surface area contributed by atoms with Crippen molar-refractivity contribution < 1.29 is 17.9 Å². The van der Waals surface area contributed by atoms with Gasteiger partial charge in [0.15, 0.2) is 0 Å². The van der Waals surface area contributed by atoms with E-state index in [0.29, 0.717) is 30.8 Å². The molecular formula is C16H19N3O4S. The molecule has 1 aliphatic heterocycles. The molecule has 7 nitrogen and oxygen atoms in total. The molecular weight excluding hydrogens is 330 g/mol. The number of benzene rings is 1. The first-order valence-electron chi connectivity index (χ1n) is 7.60. The van der Waals surface area contributed by atoms with E-state index in [1.807, 2.05) is 18.2 Å². The lowest BCUT2D eigenvalue weighted by Crippen LogP contribution is -2.42. The van der Waals surface area contributed by atoms with Gasteiger partial charge in [0.1, 0.15) is 11.8 Å². The van der Waals surface area contributed by atoms with Crippen LogP contribution in [-0.4, -0.2) is 49.6 Å². The Balaban J connectivity index is 1.80. The number of nitrogens with one attached hydrogen (secondary N) is 1. The minimum atomic E-state index is -3.39. The first-order chi connectivity index (χ1) is 11.4. The van der Waals surface area contributed by atoms with Crippen molar-refractivity contribution in [3.8, 4) is 5.75 Å². The van der Waals surface area contributed by atoms with Crippen molar-refractivity contribution in [1.29, 1.82) is 0 Å². The second-order valence-corrected chi connectivity index (χ2v) is 7.74. The number of anilines is 1. The molecule has 1 saturated heterocycles. The van der Waals surface area contributed by atoms with Crippen molar-refractivity contribution in [1.82, 2.24) is 9.29 Å². The number of fused-ring (bicyclic) bond motifs is 1.